The molecule has 6 nitrogen and oxygen atoms in total. The van der Waals surface area contributed by atoms with Crippen molar-refractivity contribution in [1.82, 2.24) is 10.3 Å². The minimum atomic E-state index is -1.52. The summed E-state index contributed by atoms with van der Waals surface area (Å²) < 4.78 is 0. The van der Waals surface area contributed by atoms with E-state index in [0.717, 1.165) is 0 Å². The smallest absolute Gasteiger partial charge is 0.253 e. The molecule has 100 valence electrons. The summed E-state index contributed by atoms with van der Waals surface area (Å²) in [5.41, 5.74) is -1.48. The zero-order valence-corrected chi connectivity index (χ0v) is 10.7. The van der Waals surface area contributed by atoms with Crippen LogP contribution >= 0.6 is 23.2 Å². The number of carbonyl (C=O) groups excluding carboxylic acids is 1. The number of amides is 1. The summed E-state index contributed by atoms with van der Waals surface area (Å²) >= 11 is 11.4. The van der Waals surface area contributed by atoms with Gasteiger partial charge in [0, 0.05) is 6.20 Å². The molecule has 1 rings (SSSR count). The second kappa shape index (κ2) is 6.31. The van der Waals surface area contributed by atoms with Gasteiger partial charge in [-0.05, 0) is 6.07 Å². The molecular weight excluding hydrogens is 283 g/mol. The number of hydrogen-bond acceptors (Lipinski definition) is 5. The Bertz CT molecular complexity index is 430. The Morgan fingerprint density at radius 3 is 2.33 bits per heavy atom. The minimum absolute atomic E-state index is 0.0383. The summed E-state index contributed by atoms with van der Waals surface area (Å²) in [5.74, 6) is -0.679. The topological polar surface area (TPSA) is 103 Å². The van der Waals surface area contributed by atoms with Crippen molar-refractivity contribution in [3.63, 3.8) is 0 Å². The molecule has 0 aromatic carbocycles. The van der Waals surface area contributed by atoms with Crippen molar-refractivity contribution in [2.45, 2.75) is 5.54 Å². The summed E-state index contributed by atoms with van der Waals surface area (Å²) in [6.45, 7) is -1.87. The lowest BCUT2D eigenvalue weighted by Gasteiger charge is -2.28. The number of aromatic nitrogens is 1. The maximum atomic E-state index is 11.9. The van der Waals surface area contributed by atoms with Gasteiger partial charge in [0.05, 0.1) is 30.4 Å². The molecule has 0 saturated carbocycles. The van der Waals surface area contributed by atoms with E-state index < -0.39 is 31.3 Å². The summed E-state index contributed by atoms with van der Waals surface area (Å²) in [6.07, 6.45) is 1.21. The lowest BCUT2D eigenvalue weighted by atomic mass is 10.0. The third kappa shape index (κ3) is 3.30. The van der Waals surface area contributed by atoms with E-state index in [4.69, 9.17) is 38.5 Å². The van der Waals surface area contributed by atoms with Gasteiger partial charge in [0.1, 0.15) is 10.7 Å². The van der Waals surface area contributed by atoms with Gasteiger partial charge in [0.2, 0.25) is 0 Å². The fourth-order valence-corrected chi connectivity index (χ4v) is 1.51. The molecule has 4 N–H and O–H groups in total. The molecule has 0 atom stereocenters. The number of carbonyl (C=O) groups is 1. The Labute approximate surface area is 113 Å². The second-order valence-corrected chi connectivity index (χ2v) is 4.49. The second-order valence-electron chi connectivity index (χ2n) is 3.70. The van der Waals surface area contributed by atoms with Crippen molar-refractivity contribution in [2.24, 2.45) is 0 Å². The molecule has 1 amide bonds. The lowest BCUT2D eigenvalue weighted by Crippen LogP contribution is -2.57. The molecule has 0 saturated heterocycles. The van der Waals surface area contributed by atoms with E-state index in [1.807, 2.05) is 0 Å². The molecule has 0 spiro atoms. The summed E-state index contributed by atoms with van der Waals surface area (Å²) in [7, 11) is 0. The number of nitrogens with one attached hydrogen (secondary N) is 1. The van der Waals surface area contributed by atoms with Crippen LogP contribution in [0.5, 0.6) is 0 Å². The predicted molar refractivity (Wildman–Crippen MR) is 65.7 cm³/mol. The molecule has 0 aliphatic rings. The van der Waals surface area contributed by atoms with E-state index in [9.17, 15) is 4.79 Å². The fourth-order valence-electron chi connectivity index (χ4n) is 1.16. The molecule has 1 aromatic rings. The van der Waals surface area contributed by atoms with Crippen LogP contribution in [-0.2, 0) is 0 Å². The van der Waals surface area contributed by atoms with Crippen LogP contribution in [0.15, 0.2) is 12.3 Å². The van der Waals surface area contributed by atoms with E-state index in [2.05, 4.69) is 10.3 Å². The van der Waals surface area contributed by atoms with Gasteiger partial charge in [-0.25, -0.2) is 4.98 Å². The van der Waals surface area contributed by atoms with Gasteiger partial charge in [0.15, 0.2) is 0 Å². The third-order valence-electron chi connectivity index (χ3n) is 2.35. The number of halogens is 2. The number of aliphatic hydroxyl groups excluding tert-OH is 3. The maximum absolute atomic E-state index is 11.9. The number of aliphatic hydroxyl groups is 3. The molecule has 1 heterocycles. The minimum Gasteiger partial charge on any atom is -0.394 e. The quantitative estimate of drug-likeness (QED) is 0.565. The zero-order valence-electron chi connectivity index (χ0n) is 9.23. The van der Waals surface area contributed by atoms with Crippen LogP contribution in [0.4, 0.5) is 0 Å². The molecule has 0 fully saturated rings. The molecular formula is C10H12Cl2N2O4. The fraction of sp³-hybridized carbons (Fsp3) is 0.400. The zero-order chi connectivity index (χ0) is 13.8. The molecule has 0 radical (unpaired) electrons. The summed E-state index contributed by atoms with van der Waals surface area (Å²) in [5, 5.41) is 29.7. The molecule has 0 aliphatic heterocycles. The van der Waals surface area contributed by atoms with Crippen molar-refractivity contribution in [2.75, 3.05) is 19.8 Å². The third-order valence-corrected chi connectivity index (χ3v) is 2.86. The highest BCUT2D eigenvalue weighted by molar-refractivity contribution is 6.35. The van der Waals surface area contributed by atoms with E-state index in [1.165, 1.54) is 12.3 Å². The van der Waals surface area contributed by atoms with Gasteiger partial charge in [-0.3, -0.25) is 4.79 Å². The average molecular weight is 295 g/mol. The van der Waals surface area contributed by atoms with E-state index in [1.54, 1.807) is 0 Å². The Kier molecular flexibility index (Phi) is 5.30. The SMILES string of the molecule is O=C(NC(CO)(CO)CO)c1cc(Cl)ncc1Cl. The van der Waals surface area contributed by atoms with Crippen LogP contribution in [0, 0.1) is 0 Å². The maximum Gasteiger partial charge on any atom is 0.253 e. The molecule has 18 heavy (non-hydrogen) atoms. The first-order valence-electron chi connectivity index (χ1n) is 4.94. The van der Waals surface area contributed by atoms with Gasteiger partial charge in [-0.2, -0.15) is 0 Å². The normalized spacial score (nSPS) is 11.4. The standard InChI is InChI=1S/C10H12Cl2N2O4/c11-7-2-13-8(12)1-6(7)9(18)14-10(3-15,4-16)5-17/h1-2,15-17H,3-5H2,(H,14,18). The summed E-state index contributed by atoms with van der Waals surface area (Å²) in [4.78, 5) is 15.6. The lowest BCUT2D eigenvalue weighted by molar-refractivity contribution is 0.0375. The first kappa shape index (κ1) is 15.1. The van der Waals surface area contributed by atoms with Gasteiger partial charge in [0.25, 0.3) is 5.91 Å². The highest BCUT2D eigenvalue weighted by Crippen LogP contribution is 2.18. The van der Waals surface area contributed by atoms with Gasteiger partial charge < -0.3 is 20.6 Å². The van der Waals surface area contributed by atoms with Crippen molar-refractivity contribution in [1.29, 1.82) is 0 Å². The van der Waals surface area contributed by atoms with Gasteiger partial charge in [-0.1, -0.05) is 23.2 Å². The van der Waals surface area contributed by atoms with Crippen molar-refractivity contribution in [3.05, 3.63) is 28.0 Å². The monoisotopic (exact) mass is 294 g/mol. The molecule has 8 heteroatoms. The van der Waals surface area contributed by atoms with Gasteiger partial charge in [-0.15, -0.1) is 0 Å². The first-order valence-corrected chi connectivity index (χ1v) is 5.70. The number of hydrogen-bond donors (Lipinski definition) is 4. The Hall–Kier alpha value is -0.920. The highest BCUT2D eigenvalue weighted by atomic mass is 35.5. The van der Waals surface area contributed by atoms with Crippen LogP contribution in [0.3, 0.4) is 0 Å². The molecule has 0 bridgehead atoms. The first-order chi connectivity index (χ1) is 8.48. The van der Waals surface area contributed by atoms with Crippen LogP contribution in [0.1, 0.15) is 10.4 Å². The summed E-state index contributed by atoms with van der Waals surface area (Å²) in [6, 6.07) is 1.25. The van der Waals surface area contributed by atoms with E-state index in [0.29, 0.717) is 0 Å². The van der Waals surface area contributed by atoms with Crippen molar-refractivity contribution >= 4 is 29.1 Å². The Balaban J connectivity index is 2.97. The van der Waals surface area contributed by atoms with Crippen LogP contribution in [0.2, 0.25) is 10.2 Å². The number of nitrogens with zero attached hydrogens (tertiary/aromatic N) is 1. The van der Waals surface area contributed by atoms with Gasteiger partial charge >= 0.3 is 0 Å². The van der Waals surface area contributed by atoms with E-state index >= 15 is 0 Å². The molecule has 0 aliphatic carbocycles. The number of rotatable bonds is 5. The van der Waals surface area contributed by atoms with Crippen molar-refractivity contribution < 1.29 is 20.1 Å². The largest absolute Gasteiger partial charge is 0.394 e. The molecule has 1 aromatic heterocycles. The molecule has 0 unspecified atom stereocenters. The van der Waals surface area contributed by atoms with Crippen LogP contribution in [0.25, 0.3) is 0 Å². The average Bonchev–Trinajstić information content (AvgIpc) is 2.38. The van der Waals surface area contributed by atoms with Crippen molar-refractivity contribution in [3.8, 4) is 0 Å². The van der Waals surface area contributed by atoms with E-state index in [-0.39, 0.29) is 15.7 Å². The highest BCUT2D eigenvalue weighted by Gasteiger charge is 2.31. The number of pyridine rings is 1. The van der Waals surface area contributed by atoms with Crippen LogP contribution in [-0.4, -0.2) is 51.6 Å². The van der Waals surface area contributed by atoms with Crippen LogP contribution < -0.4 is 5.32 Å². The predicted octanol–water partition coefficient (Wildman–Crippen LogP) is -0.166. The Morgan fingerprint density at radius 1 is 1.28 bits per heavy atom. The Morgan fingerprint density at radius 2 is 1.83 bits per heavy atom.